The Balaban J connectivity index is 1.33. The quantitative estimate of drug-likeness (QED) is 0.533. The molecule has 8 nitrogen and oxygen atoms in total. The number of benzene rings is 2. The first-order chi connectivity index (χ1) is 14.6. The molecule has 0 bridgehead atoms. The normalized spacial score (nSPS) is 14.3. The Bertz CT molecular complexity index is 1030. The predicted molar refractivity (Wildman–Crippen MR) is 117 cm³/mol. The smallest absolute Gasteiger partial charge is 0.324 e. The number of urea groups is 1. The van der Waals surface area contributed by atoms with Crippen molar-refractivity contribution in [3.8, 4) is 11.5 Å². The Kier molecular flexibility index (Phi) is 6.15. The first-order valence-electron chi connectivity index (χ1n) is 9.28. The maximum absolute atomic E-state index is 12.4. The van der Waals surface area contributed by atoms with Crippen molar-refractivity contribution in [2.75, 3.05) is 18.4 Å². The zero-order chi connectivity index (χ0) is 20.9. The molecule has 2 heterocycles. The SMILES string of the molecule is C[C@H](Sc1nnc(Nc2ccc(Oc3ccccc3)cc2)s1)C(=O)N1CCNC1=O. The molecule has 1 aromatic heterocycles. The van der Waals surface area contributed by atoms with E-state index >= 15 is 0 Å². The summed E-state index contributed by atoms with van der Waals surface area (Å²) in [6, 6.07) is 16.8. The van der Waals surface area contributed by atoms with E-state index in [0.29, 0.717) is 22.6 Å². The molecule has 2 N–H and O–H groups in total. The van der Waals surface area contributed by atoms with E-state index in [0.717, 1.165) is 17.2 Å². The van der Waals surface area contributed by atoms with E-state index in [1.807, 2.05) is 54.6 Å². The molecular weight excluding hydrogens is 422 g/mol. The Morgan fingerprint density at radius 3 is 2.60 bits per heavy atom. The van der Waals surface area contributed by atoms with Gasteiger partial charge in [-0.3, -0.25) is 9.69 Å². The fourth-order valence-electron chi connectivity index (χ4n) is 2.77. The number of carbonyl (C=O) groups is 2. The Morgan fingerprint density at radius 1 is 1.17 bits per heavy atom. The maximum Gasteiger partial charge on any atom is 0.324 e. The number of thioether (sulfide) groups is 1. The van der Waals surface area contributed by atoms with Crippen LogP contribution in [0, 0.1) is 0 Å². The lowest BCUT2D eigenvalue weighted by atomic mass is 10.3. The Morgan fingerprint density at radius 2 is 1.90 bits per heavy atom. The third-order valence-corrected chi connectivity index (χ3v) is 6.25. The van der Waals surface area contributed by atoms with Crippen LogP contribution in [0.1, 0.15) is 6.92 Å². The van der Waals surface area contributed by atoms with Gasteiger partial charge in [0, 0.05) is 18.8 Å². The first-order valence-corrected chi connectivity index (χ1v) is 11.0. The van der Waals surface area contributed by atoms with Crippen LogP contribution in [0.15, 0.2) is 58.9 Å². The lowest BCUT2D eigenvalue weighted by Gasteiger charge is -2.16. The zero-order valence-electron chi connectivity index (χ0n) is 16.1. The van der Waals surface area contributed by atoms with E-state index in [9.17, 15) is 9.59 Å². The number of nitrogens with zero attached hydrogens (tertiary/aromatic N) is 3. The van der Waals surface area contributed by atoms with Crippen LogP contribution >= 0.6 is 23.1 Å². The zero-order valence-corrected chi connectivity index (χ0v) is 17.7. The van der Waals surface area contributed by atoms with Crippen LogP contribution in [0.5, 0.6) is 11.5 Å². The van der Waals surface area contributed by atoms with Crippen molar-refractivity contribution in [2.45, 2.75) is 16.5 Å². The minimum atomic E-state index is -0.427. The summed E-state index contributed by atoms with van der Waals surface area (Å²) in [4.78, 5) is 25.3. The van der Waals surface area contributed by atoms with Gasteiger partial charge in [0.05, 0.1) is 5.25 Å². The van der Waals surface area contributed by atoms with E-state index in [1.54, 1.807) is 6.92 Å². The van der Waals surface area contributed by atoms with E-state index in [1.165, 1.54) is 28.0 Å². The van der Waals surface area contributed by atoms with Crippen LogP contribution < -0.4 is 15.4 Å². The molecule has 30 heavy (non-hydrogen) atoms. The molecule has 2 aromatic carbocycles. The molecular formula is C20H19N5O3S2. The molecule has 0 unspecified atom stereocenters. The van der Waals surface area contributed by atoms with Crippen molar-refractivity contribution in [3.63, 3.8) is 0 Å². The average Bonchev–Trinajstić information content (AvgIpc) is 3.38. The van der Waals surface area contributed by atoms with Gasteiger partial charge in [0.1, 0.15) is 11.5 Å². The summed E-state index contributed by atoms with van der Waals surface area (Å²) >= 11 is 2.64. The van der Waals surface area contributed by atoms with Crippen molar-refractivity contribution in [3.05, 3.63) is 54.6 Å². The number of anilines is 2. The van der Waals surface area contributed by atoms with Gasteiger partial charge in [-0.05, 0) is 43.3 Å². The van der Waals surface area contributed by atoms with Crippen LogP contribution in [0.2, 0.25) is 0 Å². The molecule has 0 spiro atoms. The average molecular weight is 442 g/mol. The number of imide groups is 1. The summed E-state index contributed by atoms with van der Waals surface area (Å²) in [7, 11) is 0. The number of hydrogen-bond donors (Lipinski definition) is 2. The highest BCUT2D eigenvalue weighted by Gasteiger charge is 2.30. The van der Waals surface area contributed by atoms with Gasteiger partial charge < -0.3 is 15.4 Å². The monoisotopic (exact) mass is 441 g/mol. The number of aromatic nitrogens is 2. The van der Waals surface area contributed by atoms with Crippen molar-refractivity contribution in [2.24, 2.45) is 0 Å². The van der Waals surface area contributed by atoms with Crippen molar-refractivity contribution >= 4 is 45.9 Å². The highest BCUT2D eigenvalue weighted by molar-refractivity contribution is 8.02. The molecule has 3 amide bonds. The standard InChI is InChI=1S/C20H19N5O3S2/c1-13(17(26)25-12-11-21-19(25)27)29-20-24-23-18(30-20)22-14-7-9-16(10-8-14)28-15-5-3-2-4-6-15/h2-10,13H,11-12H2,1H3,(H,21,27)(H,22,23)/t13-/m0/s1. The van der Waals surface area contributed by atoms with Gasteiger partial charge >= 0.3 is 6.03 Å². The molecule has 1 saturated heterocycles. The van der Waals surface area contributed by atoms with Crippen LogP contribution in [0.25, 0.3) is 0 Å². The van der Waals surface area contributed by atoms with Gasteiger partial charge in [-0.2, -0.15) is 0 Å². The molecule has 0 radical (unpaired) electrons. The number of carbonyl (C=O) groups excluding carboxylic acids is 2. The summed E-state index contributed by atoms with van der Waals surface area (Å²) in [6.07, 6.45) is 0. The van der Waals surface area contributed by atoms with E-state index in [2.05, 4.69) is 20.8 Å². The molecule has 3 aromatic rings. The highest BCUT2D eigenvalue weighted by Crippen LogP contribution is 2.32. The summed E-state index contributed by atoms with van der Waals surface area (Å²) in [6.45, 7) is 2.65. The topological polar surface area (TPSA) is 96.5 Å². The van der Waals surface area contributed by atoms with Crippen molar-refractivity contribution in [1.29, 1.82) is 0 Å². The second-order valence-corrected chi connectivity index (χ2v) is 8.98. The lowest BCUT2D eigenvalue weighted by Crippen LogP contribution is -2.38. The summed E-state index contributed by atoms with van der Waals surface area (Å²) in [5.74, 6) is 1.28. The van der Waals surface area contributed by atoms with Gasteiger partial charge in [-0.25, -0.2) is 4.79 Å². The summed E-state index contributed by atoms with van der Waals surface area (Å²) in [5.41, 5.74) is 0.848. The summed E-state index contributed by atoms with van der Waals surface area (Å²) < 4.78 is 6.44. The third-order valence-electron chi connectivity index (χ3n) is 4.24. The number of hydrogen-bond acceptors (Lipinski definition) is 8. The second-order valence-electron chi connectivity index (χ2n) is 6.42. The Hall–Kier alpha value is -3.11. The molecule has 0 saturated carbocycles. The Labute approximate surface area is 181 Å². The highest BCUT2D eigenvalue weighted by atomic mass is 32.2. The van der Waals surface area contributed by atoms with Gasteiger partial charge in [0.15, 0.2) is 4.34 Å². The van der Waals surface area contributed by atoms with E-state index in [4.69, 9.17) is 4.74 Å². The number of para-hydroxylation sites is 1. The van der Waals surface area contributed by atoms with E-state index in [-0.39, 0.29) is 11.9 Å². The van der Waals surface area contributed by atoms with Crippen LogP contribution in [0.4, 0.5) is 15.6 Å². The van der Waals surface area contributed by atoms with Crippen LogP contribution in [0.3, 0.4) is 0 Å². The van der Waals surface area contributed by atoms with Crippen molar-refractivity contribution < 1.29 is 14.3 Å². The number of nitrogens with one attached hydrogen (secondary N) is 2. The number of amides is 3. The molecule has 10 heteroatoms. The molecule has 1 aliphatic rings. The second kappa shape index (κ2) is 9.14. The number of ether oxygens (including phenoxy) is 1. The third kappa shape index (κ3) is 4.89. The molecule has 4 rings (SSSR count). The minimum absolute atomic E-state index is 0.228. The van der Waals surface area contributed by atoms with Crippen LogP contribution in [-0.4, -0.2) is 45.4 Å². The molecule has 1 fully saturated rings. The van der Waals surface area contributed by atoms with Crippen molar-refractivity contribution in [1.82, 2.24) is 20.4 Å². The van der Waals surface area contributed by atoms with E-state index < -0.39 is 5.25 Å². The molecule has 154 valence electrons. The fraction of sp³-hybridized carbons (Fsp3) is 0.200. The molecule has 1 atom stereocenters. The fourth-order valence-corrected chi connectivity index (χ4v) is 4.74. The number of rotatable bonds is 7. The maximum atomic E-state index is 12.4. The van der Waals surface area contributed by atoms with Crippen LogP contribution in [-0.2, 0) is 4.79 Å². The molecule has 1 aliphatic heterocycles. The summed E-state index contributed by atoms with van der Waals surface area (Å²) in [5, 5.41) is 14.3. The predicted octanol–water partition coefficient (Wildman–Crippen LogP) is 4.11. The molecule has 0 aliphatic carbocycles. The van der Waals surface area contributed by atoms with Gasteiger partial charge in [-0.15, -0.1) is 10.2 Å². The first kappa shape index (κ1) is 20.2. The minimum Gasteiger partial charge on any atom is -0.457 e. The van der Waals surface area contributed by atoms with Gasteiger partial charge in [0.2, 0.25) is 11.0 Å². The largest absolute Gasteiger partial charge is 0.457 e. The van der Waals surface area contributed by atoms with Gasteiger partial charge in [-0.1, -0.05) is 41.3 Å². The van der Waals surface area contributed by atoms with Gasteiger partial charge in [0.25, 0.3) is 0 Å². The lowest BCUT2D eigenvalue weighted by molar-refractivity contribution is -0.126.